The van der Waals surface area contributed by atoms with Crippen molar-refractivity contribution in [3.8, 4) is 0 Å². The summed E-state index contributed by atoms with van der Waals surface area (Å²) in [6.45, 7) is 0.475. The molecule has 0 atom stereocenters. The van der Waals surface area contributed by atoms with E-state index in [1.54, 1.807) is 11.9 Å². The first-order valence-electron chi connectivity index (χ1n) is 6.22. The van der Waals surface area contributed by atoms with E-state index in [1.165, 1.54) is 24.3 Å². The molecule has 108 valence electrons. The second-order valence-electron chi connectivity index (χ2n) is 4.59. The van der Waals surface area contributed by atoms with Gasteiger partial charge in [-0.2, -0.15) is 0 Å². The zero-order valence-electron chi connectivity index (χ0n) is 11.3. The van der Waals surface area contributed by atoms with Crippen LogP contribution in [0.15, 0.2) is 53.0 Å². The van der Waals surface area contributed by atoms with Crippen molar-refractivity contribution in [2.24, 2.45) is 0 Å². The van der Waals surface area contributed by atoms with Crippen molar-refractivity contribution in [3.05, 3.63) is 74.2 Å². The molecule has 2 aromatic carbocycles. The Morgan fingerprint density at radius 3 is 2.24 bits per heavy atom. The SMILES string of the molecule is CN(Cc1ccc(Br)cc1)C(=O)c1ccc([N+](=O)[O-])cc1. The number of carbonyl (C=O) groups is 1. The summed E-state index contributed by atoms with van der Waals surface area (Å²) in [6, 6.07) is 13.3. The van der Waals surface area contributed by atoms with Crippen LogP contribution in [-0.2, 0) is 6.54 Å². The molecular weight excluding hydrogens is 336 g/mol. The highest BCUT2D eigenvalue weighted by atomic mass is 79.9. The summed E-state index contributed by atoms with van der Waals surface area (Å²) in [5.41, 5.74) is 1.42. The standard InChI is InChI=1S/C15H13BrN2O3/c1-17(10-11-2-6-13(16)7-3-11)15(19)12-4-8-14(9-5-12)18(20)21/h2-9H,10H2,1H3. The highest BCUT2D eigenvalue weighted by molar-refractivity contribution is 9.10. The average Bonchev–Trinajstić information content (AvgIpc) is 2.49. The van der Waals surface area contributed by atoms with Crippen LogP contribution in [0.1, 0.15) is 15.9 Å². The average molecular weight is 349 g/mol. The summed E-state index contributed by atoms with van der Waals surface area (Å²) in [6.07, 6.45) is 0. The third kappa shape index (κ3) is 3.88. The number of nitro groups is 1. The summed E-state index contributed by atoms with van der Waals surface area (Å²) < 4.78 is 0.982. The number of carbonyl (C=O) groups excluding carboxylic acids is 1. The lowest BCUT2D eigenvalue weighted by molar-refractivity contribution is -0.384. The van der Waals surface area contributed by atoms with Gasteiger partial charge in [-0.3, -0.25) is 14.9 Å². The molecule has 0 spiro atoms. The molecule has 0 N–H and O–H groups in total. The minimum Gasteiger partial charge on any atom is -0.337 e. The molecule has 0 unspecified atom stereocenters. The number of rotatable bonds is 4. The highest BCUT2D eigenvalue weighted by Gasteiger charge is 2.13. The maximum atomic E-state index is 12.2. The van der Waals surface area contributed by atoms with Gasteiger partial charge in [0.05, 0.1) is 4.92 Å². The number of non-ortho nitro benzene ring substituents is 1. The van der Waals surface area contributed by atoms with Crippen LogP contribution in [0.3, 0.4) is 0 Å². The quantitative estimate of drug-likeness (QED) is 0.625. The van der Waals surface area contributed by atoms with E-state index in [9.17, 15) is 14.9 Å². The summed E-state index contributed by atoms with van der Waals surface area (Å²) in [5, 5.41) is 10.6. The Kier molecular flexibility index (Phi) is 4.70. The Labute approximate surface area is 130 Å². The molecule has 0 aromatic heterocycles. The molecule has 0 bridgehead atoms. The molecule has 5 nitrogen and oxygen atoms in total. The topological polar surface area (TPSA) is 63.5 Å². The number of hydrogen-bond donors (Lipinski definition) is 0. The first-order chi connectivity index (χ1) is 9.97. The van der Waals surface area contributed by atoms with E-state index in [2.05, 4.69) is 15.9 Å². The van der Waals surface area contributed by atoms with Crippen molar-refractivity contribution < 1.29 is 9.72 Å². The van der Waals surface area contributed by atoms with Crippen molar-refractivity contribution in [2.45, 2.75) is 6.54 Å². The van der Waals surface area contributed by atoms with E-state index in [0.717, 1.165) is 10.0 Å². The molecule has 2 aromatic rings. The number of benzene rings is 2. The van der Waals surface area contributed by atoms with Crippen LogP contribution in [0.4, 0.5) is 5.69 Å². The summed E-state index contributed by atoms with van der Waals surface area (Å²) in [7, 11) is 1.70. The largest absolute Gasteiger partial charge is 0.337 e. The van der Waals surface area contributed by atoms with Gasteiger partial charge in [0, 0.05) is 35.8 Å². The van der Waals surface area contributed by atoms with Crippen molar-refractivity contribution in [2.75, 3.05) is 7.05 Å². The van der Waals surface area contributed by atoms with Crippen LogP contribution in [0.2, 0.25) is 0 Å². The van der Waals surface area contributed by atoms with Gasteiger partial charge in [0.2, 0.25) is 0 Å². The minimum absolute atomic E-state index is 0.0258. The van der Waals surface area contributed by atoms with Gasteiger partial charge in [0.25, 0.3) is 11.6 Å². The Hall–Kier alpha value is -2.21. The summed E-state index contributed by atoms with van der Waals surface area (Å²) in [4.78, 5) is 23.9. The third-order valence-electron chi connectivity index (χ3n) is 3.00. The molecule has 0 radical (unpaired) electrons. The van der Waals surface area contributed by atoms with E-state index in [0.29, 0.717) is 12.1 Å². The molecule has 0 saturated carbocycles. The van der Waals surface area contributed by atoms with Crippen LogP contribution >= 0.6 is 15.9 Å². The zero-order valence-corrected chi connectivity index (χ0v) is 12.9. The summed E-state index contributed by atoms with van der Waals surface area (Å²) >= 11 is 3.36. The lowest BCUT2D eigenvalue weighted by Gasteiger charge is -2.17. The maximum absolute atomic E-state index is 12.2. The molecule has 0 heterocycles. The fourth-order valence-corrected chi connectivity index (χ4v) is 2.15. The van der Waals surface area contributed by atoms with Gasteiger partial charge < -0.3 is 4.90 Å². The molecule has 1 amide bonds. The van der Waals surface area contributed by atoms with Crippen LogP contribution < -0.4 is 0 Å². The van der Waals surface area contributed by atoms with Gasteiger partial charge >= 0.3 is 0 Å². The predicted octanol–water partition coefficient (Wildman–Crippen LogP) is 3.63. The minimum atomic E-state index is -0.486. The monoisotopic (exact) mass is 348 g/mol. The fourth-order valence-electron chi connectivity index (χ4n) is 1.88. The van der Waals surface area contributed by atoms with Crippen molar-refractivity contribution in [3.63, 3.8) is 0 Å². The second-order valence-corrected chi connectivity index (χ2v) is 5.51. The molecule has 6 heteroatoms. The van der Waals surface area contributed by atoms with E-state index >= 15 is 0 Å². The lowest BCUT2D eigenvalue weighted by Crippen LogP contribution is -2.26. The predicted molar refractivity (Wildman–Crippen MR) is 83.0 cm³/mol. The van der Waals surface area contributed by atoms with Crippen molar-refractivity contribution in [1.29, 1.82) is 0 Å². The van der Waals surface area contributed by atoms with E-state index in [-0.39, 0.29) is 11.6 Å². The second kappa shape index (κ2) is 6.49. The Morgan fingerprint density at radius 2 is 1.71 bits per heavy atom. The number of halogens is 1. The molecular formula is C15H13BrN2O3. The molecule has 0 aliphatic heterocycles. The van der Waals surface area contributed by atoms with Crippen LogP contribution in [0.5, 0.6) is 0 Å². The van der Waals surface area contributed by atoms with Gasteiger partial charge in [0.1, 0.15) is 0 Å². The number of nitrogens with zero attached hydrogens (tertiary/aromatic N) is 2. The first kappa shape index (κ1) is 15.2. The Morgan fingerprint density at radius 1 is 1.14 bits per heavy atom. The molecule has 0 aliphatic carbocycles. The molecule has 0 aliphatic rings. The fraction of sp³-hybridized carbons (Fsp3) is 0.133. The van der Waals surface area contributed by atoms with E-state index < -0.39 is 4.92 Å². The number of amides is 1. The normalized spacial score (nSPS) is 10.2. The van der Waals surface area contributed by atoms with Crippen LogP contribution in [-0.4, -0.2) is 22.8 Å². The Bertz CT molecular complexity index is 654. The van der Waals surface area contributed by atoms with Crippen molar-refractivity contribution in [1.82, 2.24) is 4.90 Å². The van der Waals surface area contributed by atoms with Gasteiger partial charge in [-0.25, -0.2) is 0 Å². The molecule has 21 heavy (non-hydrogen) atoms. The van der Waals surface area contributed by atoms with E-state index in [4.69, 9.17) is 0 Å². The van der Waals surface area contributed by atoms with E-state index in [1.807, 2.05) is 24.3 Å². The third-order valence-corrected chi connectivity index (χ3v) is 3.53. The smallest absolute Gasteiger partial charge is 0.269 e. The van der Waals surface area contributed by atoms with Gasteiger partial charge in [0.15, 0.2) is 0 Å². The van der Waals surface area contributed by atoms with Crippen LogP contribution in [0.25, 0.3) is 0 Å². The maximum Gasteiger partial charge on any atom is 0.269 e. The molecule has 0 saturated heterocycles. The Balaban J connectivity index is 2.08. The number of nitro benzene ring substituents is 1. The van der Waals surface area contributed by atoms with Crippen molar-refractivity contribution >= 4 is 27.5 Å². The zero-order chi connectivity index (χ0) is 15.4. The summed E-state index contributed by atoms with van der Waals surface area (Å²) in [5.74, 6) is -0.173. The van der Waals surface area contributed by atoms with Gasteiger partial charge in [-0.1, -0.05) is 28.1 Å². The van der Waals surface area contributed by atoms with Gasteiger partial charge in [-0.05, 0) is 29.8 Å². The first-order valence-corrected chi connectivity index (χ1v) is 7.01. The van der Waals surface area contributed by atoms with Crippen LogP contribution in [0, 0.1) is 10.1 Å². The van der Waals surface area contributed by atoms with Gasteiger partial charge in [-0.15, -0.1) is 0 Å². The molecule has 0 fully saturated rings. The molecule has 2 rings (SSSR count). The number of hydrogen-bond acceptors (Lipinski definition) is 3. The lowest BCUT2D eigenvalue weighted by atomic mass is 10.1. The highest BCUT2D eigenvalue weighted by Crippen LogP contribution is 2.15.